The van der Waals surface area contributed by atoms with Gasteiger partial charge in [-0.15, -0.1) is 0 Å². The summed E-state index contributed by atoms with van der Waals surface area (Å²) in [6.07, 6.45) is 17.3. The second kappa shape index (κ2) is 12.5. The van der Waals surface area contributed by atoms with Gasteiger partial charge in [-0.2, -0.15) is 0 Å². The molecule has 0 aromatic rings. The van der Waals surface area contributed by atoms with E-state index in [9.17, 15) is 5.11 Å². The Bertz CT molecular complexity index is 163. The van der Waals surface area contributed by atoms with Crippen molar-refractivity contribution in [3.8, 4) is 0 Å². The lowest BCUT2D eigenvalue weighted by atomic mass is 10.0. The van der Waals surface area contributed by atoms with Crippen molar-refractivity contribution in [2.75, 3.05) is 0 Å². The van der Waals surface area contributed by atoms with Gasteiger partial charge < -0.3 is 5.11 Å². The van der Waals surface area contributed by atoms with E-state index < -0.39 is 4.51 Å². The van der Waals surface area contributed by atoms with Crippen LogP contribution in [0.3, 0.4) is 0 Å². The number of hydrogen-bond donors (Lipinski definition) is 1. The lowest BCUT2D eigenvalue weighted by Gasteiger charge is -2.13. The first-order valence-corrected chi connectivity index (χ1v) is 8.77. The molecule has 0 rings (SSSR count). The molecule has 0 saturated carbocycles. The van der Waals surface area contributed by atoms with Crippen molar-refractivity contribution in [2.45, 2.75) is 102 Å². The molecule has 0 aromatic heterocycles. The van der Waals surface area contributed by atoms with Gasteiger partial charge in [0.1, 0.15) is 4.51 Å². The zero-order valence-corrected chi connectivity index (χ0v) is 14.1. The smallest absolute Gasteiger partial charge is 0.116 e. The van der Waals surface area contributed by atoms with Gasteiger partial charge in [0.15, 0.2) is 0 Å². The Balaban J connectivity index is 2.99. The molecule has 0 bridgehead atoms. The molecule has 0 fully saturated rings. The van der Waals surface area contributed by atoms with Crippen LogP contribution in [0.2, 0.25) is 0 Å². The van der Waals surface area contributed by atoms with Crippen LogP contribution in [0.25, 0.3) is 0 Å². The minimum Gasteiger partial charge on any atom is -0.379 e. The fourth-order valence-electron chi connectivity index (χ4n) is 2.29. The fraction of sp³-hybridized carbons (Fsp3) is 1.00. The highest BCUT2D eigenvalue weighted by molar-refractivity contribution is 9.10. The third kappa shape index (κ3) is 16.4. The highest BCUT2D eigenvalue weighted by Crippen LogP contribution is 2.21. The van der Waals surface area contributed by atoms with Gasteiger partial charge in [-0.1, -0.05) is 93.5 Å². The van der Waals surface area contributed by atoms with Crippen LogP contribution in [0.15, 0.2) is 0 Å². The molecule has 1 atom stereocenters. The summed E-state index contributed by atoms with van der Waals surface area (Å²) in [5.74, 6) is 0. The van der Waals surface area contributed by atoms with E-state index in [0.717, 1.165) is 12.8 Å². The molecule has 1 unspecified atom stereocenters. The van der Waals surface area contributed by atoms with Crippen molar-refractivity contribution in [3.05, 3.63) is 0 Å². The van der Waals surface area contributed by atoms with Gasteiger partial charge in [-0.05, 0) is 19.8 Å². The van der Waals surface area contributed by atoms with Crippen LogP contribution >= 0.6 is 15.9 Å². The standard InChI is InChI=1S/C16H33BrO/c1-3-4-5-6-7-8-9-10-11-12-13-14-15-16(2,17)18/h18H,3-15H2,1-2H3. The van der Waals surface area contributed by atoms with Gasteiger partial charge in [-0.25, -0.2) is 0 Å². The number of halogens is 1. The normalized spacial score (nSPS) is 14.7. The molecule has 0 aromatic carbocycles. The summed E-state index contributed by atoms with van der Waals surface area (Å²) in [5, 5.41) is 9.50. The summed E-state index contributed by atoms with van der Waals surface area (Å²) in [7, 11) is 0. The maximum Gasteiger partial charge on any atom is 0.116 e. The predicted octanol–water partition coefficient (Wildman–Crippen LogP) is 6.18. The summed E-state index contributed by atoms with van der Waals surface area (Å²) in [5.41, 5.74) is 0. The molecule has 0 aliphatic rings. The Morgan fingerprint density at radius 1 is 0.722 bits per heavy atom. The molecule has 1 nitrogen and oxygen atoms in total. The summed E-state index contributed by atoms with van der Waals surface area (Å²) < 4.78 is -0.647. The van der Waals surface area contributed by atoms with E-state index >= 15 is 0 Å². The first-order valence-electron chi connectivity index (χ1n) is 7.97. The maximum absolute atomic E-state index is 9.50. The van der Waals surface area contributed by atoms with Gasteiger partial charge in [0.2, 0.25) is 0 Å². The largest absolute Gasteiger partial charge is 0.379 e. The first-order chi connectivity index (χ1) is 8.56. The van der Waals surface area contributed by atoms with E-state index in [2.05, 4.69) is 22.9 Å². The third-order valence-electron chi connectivity index (χ3n) is 3.49. The van der Waals surface area contributed by atoms with Crippen LogP contribution in [-0.4, -0.2) is 9.62 Å². The van der Waals surface area contributed by atoms with E-state index in [4.69, 9.17) is 0 Å². The molecule has 0 heterocycles. The van der Waals surface area contributed by atoms with Crippen molar-refractivity contribution < 1.29 is 5.11 Å². The second-order valence-corrected chi connectivity index (χ2v) is 7.49. The number of alkyl halides is 1. The molecule has 0 saturated heterocycles. The quantitative estimate of drug-likeness (QED) is 0.317. The Kier molecular flexibility index (Phi) is 12.8. The monoisotopic (exact) mass is 320 g/mol. The molecule has 0 radical (unpaired) electrons. The van der Waals surface area contributed by atoms with E-state index in [1.807, 2.05) is 6.92 Å². The molecule has 0 spiro atoms. The highest BCUT2D eigenvalue weighted by Gasteiger charge is 2.13. The lowest BCUT2D eigenvalue weighted by Crippen LogP contribution is -2.12. The van der Waals surface area contributed by atoms with Crippen molar-refractivity contribution >= 4 is 15.9 Å². The zero-order chi connectivity index (χ0) is 13.7. The third-order valence-corrected chi connectivity index (χ3v) is 3.88. The summed E-state index contributed by atoms with van der Waals surface area (Å²) >= 11 is 3.26. The van der Waals surface area contributed by atoms with Crippen molar-refractivity contribution in [3.63, 3.8) is 0 Å². The summed E-state index contributed by atoms with van der Waals surface area (Å²) in [6.45, 7) is 4.10. The zero-order valence-electron chi connectivity index (χ0n) is 12.5. The number of aliphatic hydroxyl groups is 1. The van der Waals surface area contributed by atoms with Gasteiger partial charge in [0.25, 0.3) is 0 Å². The Labute approximate surface area is 123 Å². The average Bonchev–Trinajstić information content (AvgIpc) is 2.29. The summed E-state index contributed by atoms with van der Waals surface area (Å²) in [6, 6.07) is 0. The Hall–Kier alpha value is 0.440. The van der Waals surface area contributed by atoms with Gasteiger partial charge in [0, 0.05) is 0 Å². The van der Waals surface area contributed by atoms with Crippen LogP contribution in [0.5, 0.6) is 0 Å². The van der Waals surface area contributed by atoms with Crippen molar-refractivity contribution in [1.29, 1.82) is 0 Å². The Morgan fingerprint density at radius 3 is 1.39 bits per heavy atom. The van der Waals surface area contributed by atoms with Crippen LogP contribution in [0, 0.1) is 0 Å². The highest BCUT2D eigenvalue weighted by atomic mass is 79.9. The van der Waals surface area contributed by atoms with Crippen molar-refractivity contribution in [1.82, 2.24) is 0 Å². The molecule has 18 heavy (non-hydrogen) atoms. The lowest BCUT2D eigenvalue weighted by molar-refractivity contribution is 0.151. The number of hydrogen-bond acceptors (Lipinski definition) is 1. The van der Waals surface area contributed by atoms with Crippen LogP contribution in [0.4, 0.5) is 0 Å². The molecular weight excluding hydrogens is 288 g/mol. The fourth-order valence-corrected chi connectivity index (χ4v) is 2.57. The number of unbranched alkanes of at least 4 members (excludes halogenated alkanes) is 11. The van der Waals surface area contributed by atoms with Gasteiger partial charge in [-0.3, -0.25) is 0 Å². The molecule has 2 heteroatoms. The maximum atomic E-state index is 9.50. The van der Waals surface area contributed by atoms with E-state index in [-0.39, 0.29) is 0 Å². The van der Waals surface area contributed by atoms with E-state index in [0.29, 0.717) is 0 Å². The van der Waals surface area contributed by atoms with E-state index in [1.165, 1.54) is 70.6 Å². The molecule has 0 aliphatic carbocycles. The minimum absolute atomic E-state index is 0.647. The molecule has 110 valence electrons. The molecular formula is C16H33BrO. The summed E-state index contributed by atoms with van der Waals surface area (Å²) in [4.78, 5) is 0. The average molecular weight is 321 g/mol. The number of rotatable bonds is 13. The molecule has 0 amide bonds. The van der Waals surface area contributed by atoms with Crippen LogP contribution in [0.1, 0.15) is 97.3 Å². The van der Waals surface area contributed by atoms with E-state index in [1.54, 1.807) is 0 Å². The first kappa shape index (κ1) is 18.4. The molecule has 1 N–H and O–H groups in total. The van der Waals surface area contributed by atoms with Gasteiger partial charge >= 0.3 is 0 Å². The Morgan fingerprint density at radius 2 is 1.06 bits per heavy atom. The minimum atomic E-state index is -0.647. The van der Waals surface area contributed by atoms with Crippen LogP contribution in [-0.2, 0) is 0 Å². The second-order valence-electron chi connectivity index (χ2n) is 5.78. The topological polar surface area (TPSA) is 20.2 Å². The van der Waals surface area contributed by atoms with Crippen molar-refractivity contribution in [2.24, 2.45) is 0 Å². The predicted molar refractivity (Wildman–Crippen MR) is 85.2 cm³/mol. The van der Waals surface area contributed by atoms with Gasteiger partial charge in [0.05, 0.1) is 0 Å². The van der Waals surface area contributed by atoms with Crippen LogP contribution < -0.4 is 0 Å². The molecule has 0 aliphatic heterocycles. The SMILES string of the molecule is CCCCCCCCCCCCCCC(C)(O)Br.